The molecule has 2 bridgehead atoms. The molecule has 18 heteroatoms. The second-order valence-electron chi connectivity index (χ2n) is 17.5. The topological polar surface area (TPSA) is 112 Å². The lowest BCUT2D eigenvalue weighted by Crippen LogP contribution is -2.62. The van der Waals surface area contributed by atoms with Crippen LogP contribution in [0, 0.1) is 11.6 Å². The first kappa shape index (κ1) is 40.6. The molecule has 4 fully saturated rings. The van der Waals surface area contributed by atoms with Gasteiger partial charge in [0.2, 0.25) is 0 Å². The van der Waals surface area contributed by atoms with Crippen LogP contribution < -0.4 is 19.1 Å². The molecule has 0 saturated carbocycles. The van der Waals surface area contributed by atoms with Crippen LogP contribution in [0.1, 0.15) is 71.4 Å². The maximum absolute atomic E-state index is 17.7. The van der Waals surface area contributed by atoms with Gasteiger partial charge in [0.15, 0.2) is 24.2 Å². The fourth-order valence-electron chi connectivity index (χ4n) is 10.2. The summed E-state index contributed by atoms with van der Waals surface area (Å²) in [5.41, 5.74) is -1.79. The highest BCUT2D eigenvalue weighted by molar-refractivity contribution is 6.04. The lowest BCUT2D eigenvalue weighted by Gasteiger charge is -2.48. The number of alkyl halides is 4. The number of rotatable bonds is 8. The third-order valence-electron chi connectivity index (χ3n) is 12.5. The van der Waals surface area contributed by atoms with E-state index in [-0.39, 0.29) is 89.9 Å². The normalized spacial score (nSPS) is 25.3. The van der Waals surface area contributed by atoms with Crippen LogP contribution in [-0.2, 0) is 15.9 Å². The number of aromatic nitrogens is 3. The van der Waals surface area contributed by atoms with Gasteiger partial charge in [-0.1, -0.05) is 6.07 Å². The molecule has 4 aromatic rings. The molecule has 0 N–H and O–H groups in total. The third-order valence-corrected chi connectivity index (χ3v) is 12.5. The summed E-state index contributed by atoms with van der Waals surface area (Å²) in [6, 6.07) is 3.80. The van der Waals surface area contributed by atoms with Crippen LogP contribution in [0.2, 0.25) is 0 Å². The molecule has 2 aromatic heterocycles. The first-order valence-electron chi connectivity index (χ1n) is 20.4. The number of nitrogens with zero attached hydrogens (tertiary/aromatic N) is 6. The zero-order chi connectivity index (χ0) is 42.3. The quantitative estimate of drug-likeness (QED) is 0.126. The van der Waals surface area contributed by atoms with Crippen molar-refractivity contribution in [1.29, 1.82) is 0 Å². The van der Waals surface area contributed by atoms with Gasteiger partial charge in [0, 0.05) is 37.6 Å². The van der Waals surface area contributed by atoms with E-state index in [0.29, 0.717) is 43.7 Å². The average molecular weight is 845 g/mol. The maximum Gasteiger partial charge on any atom is 0.573 e. The van der Waals surface area contributed by atoms with Gasteiger partial charge in [0.25, 0.3) is 0 Å². The number of anilines is 1. The summed E-state index contributed by atoms with van der Waals surface area (Å²) in [6.07, 6.45) is -2.06. The standard InChI is InChI=1S/C42H46F6N6O6/c1-40(2,3)60-39(55)54-24-10-12-30(54)29-8-5-7-28-32-35(50-38(51-37(32)53(29)19-24)57-20-41-13-6-14-52(41)18-23(43)17-41)33(45)34(49-28)26-16-25(58-21-56-4)15-22-9-11-27(44)36(31(22)26)59-42(46,47)48/h9,11,15-16,23-24,29-30H,5-8,10,12-14,17-21H2,1-4H3/t23-,24-,29-,30+,41+/m1/s1. The van der Waals surface area contributed by atoms with Crippen molar-refractivity contribution >= 4 is 33.6 Å². The Bertz CT molecular complexity index is 2350. The molecule has 12 nitrogen and oxygen atoms in total. The second kappa shape index (κ2) is 15.0. The molecule has 322 valence electrons. The molecule has 0 aliphatic carbocycles. The number of carbonyl (C=O) groups is 1. The number of methoxy groups -OCH3 is 1. The molecule has 0 spiro atoms. The summed E-state index contributed by atoms with van der Waals surface area (Å²) >= 11 is 0. The minimum Gasteiger partial charge on any atom is -0.468 e. The van der Waals surface area contributed by atoms with E-state index in [1.807, 2.05) is 25.7 Å². The summed E-state index contributed by atoms with van der Waals surface area (Å²) in [5.74, 6) is -3.07. The molecule has 1 amide bonds. The predicted molar refractivity (Wildman–Crippen MR) is 207 cm³/mol. The number of piperazine rings is 1. The zero-order valence-electron chi connectivity index (χ0n) is 33.7. The van der Waals surface area contributed by atoms with E-state index in [2.05, 4.69) is 19.5 Å². The Morgan fingerprint density at radius 1 is 0.967 bits per heavy atom. The number of aryl methyl sites for hydroxylation is 1. The number of pyridine rings is 1. The van der Waals surface area contributed by atoms with Gasteiger partial charge < -0.3 is 28.6 Å². The van der Waals surface area contributed by atoms with Gasteiger partial charge in [0.05, 0.1) is 34.7 Å². The number of ether oxygens (including phenoxy) is 5. The average Bonchev–Trinajstić information content (AvgIpc) is 3.82. The van der Waals surface area contributed by atoms with Gasteiger partial charge in [-0.05, 0) is 95.8 Å². The smallest absolute Gasteiger partial charge is 0.468 e. The number of amides is 1. The third kappa shape index (κ3) is 7.26. The summed E-state index contributed by atoms with van der Waals surface area (Å²) in [6.45, 7) is 6.61. The summed E-state index contributed by atoms with van der Waals surface area (Å²) in [5, 5.41) is -0.0401. The highest BCUT2D eigenvalue weighted by atomic mass is 19.4. The van der Waals surface area contributed by atoms with E-state index in [1.165, 1.54) is 25.3 Å². The fourth-order valence-corrected chi connectivity index (χ4v) is 10.2. The van der Waals surface area contributed by atoms with Crippen LogP contribution in [0.5, 0.6) is 17.5 Å². The highest BCUT2D eigenvalue weighted by Crippen LogP contribution is 2.47. The number of hydrogen-bond donors (Lipinski definition) is 0. The molecule has 5 aliphatic rings. The van der Waals surface area contributed by atoms with Gasteiger partial charge >= 0.3 is 18.5 Å². The number of hydrogen-bond acceptors (Lipinski definition) is 11. The molecule has 0 unspecified atom stereocenters. The number of carbonyl (C=O) groups excluding carboxylic acids is 1. The Morgan fingerprint density at radius 2 is 1.78 bits per heavy atom. The number of benzene rings is 2. The van der Waals surface area contributed by atoms with Crippen LogP contribution in [0.15, 0.2) is 24.3 Å². The number of fused-ring (bicyclic) bond motifs is 7. The van der Waals surface area contributed by atoms with Crippen molar-refractivity contribution in [3.8, 4) is 28.8 Å². The van der Waals surface area contributed by atoms with Crippen LogP contribution in [-0.4, -0.2) is 113 Å². The molecule has 5 atom stereocenters. The van der Waals surface area contributed by atoms with Crippen LogP contribution in [0.25, 0.3) is 32.9 Å². The van der Waals surface area contributed by atoms with Crippen molar-refractivity contribution in [1.82, 2.24) is 24.8 Å². The summed E-state index contributed by atoms with van der Waals surface area (Å²) in [7, 11) is 1.38. The van der Waals surface area contributed by atoms with Crippen molar-refractivity contribution < 1.29 is 54.8 Å². The Kier molecular flexibility index (Phi) is 10.1. The van der Waals surface area contributed by atoms with Crippen molar-refractivity contribution in [3.63, 3.8) is 0 Å². The van der Waals surface area contributed by atoms with E-state index in [1.54, 1.807) is 0 Å². The van der Waals surface area contributed by atoms with E-state index in [0.717, 1.165) is 25.5 Å². The monoisotopic (exact) mass is 844 g/mol. The molecule has 4 saturated heterocycles. The summed E-state index contributed by atoms with van der Waals surface area (Å²) < 4.78 is 117. The SMILES string of the molecule is COCOc1cc(-c2nc3c4c(nc(OC[C@@]56CCCN5C[C@H](F)C6)nc4c2F)N2C[C@H]4CC[C@@H]([C@H]2CCC3)N4C(=O)OC(C)(C)C)c2c(OC(F)(F)F)c(F)ccc2c1. The molecular weight excluding hydrogens is 798 g/mol. The Labute approximate surface area is 342 Å². The minimum atomic E-state index is -5.29. The number of halogens is 6. The lowest BCUT2D eigenvalue weighted by atomic mass is 9.92. The van der Waals surface area contributed by atoms with E-state index < -0.39 is 52.8 Å². The van der Waals surface area contributed by atoms with Gasteiger partial charge in [0.1, 0.15) is 41.2 Å². The van der Waals surface area contributed by atoms with Crippen LogP contribution >= 0.6 is 0 Å². The van der Waals surface area contributed by atoms with Gasteiger partial charge in [-0.2, -0.15) is 9.97 Å². The zero-order valence-corrected chi connectivity index (χ0v) is 33.7. The predicted octanol–water partition coefficient (Wildman–Crippen LogP) is 8.25. The van der Waals surface area contributed by atoms with Gasteiger partial charge in [-0.25, -0.2) is 22.9 Å². The van der Waals surface area contributed by atoms with Crippen LogP contribution in [0.4, 0.5) is 37.0 Å². The molecule has 2 aromatic carbocycles. The molecule has 60 heavy (non-hydrogen) atoms. The molecule has 9 rings (SSSR count). The Balaban J connectivity index is 1.23. The Hall–Kier alpha value is -4.84. The van der Waals surface area contributed by atoms with Crippen molar-refractivity contribution in [2.45, 2.75) is 114 Å². The largest absolute Gasteiger partial charge is 0.573 e. The fraction of sp³-hybridized carbons (Fsp3) is 0.571. The van der Waals surface area contributed by atoms with Crippen molar-refractivity contribution in [2.75, 3.05) is 45.0 Å². The molecule has 5 aliphatic heterocycles. The van der Waals surface area contributed by atoms with Crippen molar-refractivity contribution in [2.24, 2.45) is 0 Å². The van der Waals surface area contributed by atoms with E-state index in [9.17, 15) is 22.4 Å². The minimum absolute atomic E-state index is 0.0484. The van der Waals surface area contributed by atoms with E-state index >= 15 is 8.78 Å². The first-order chi connectivity index (χ1) is 28.5. The summed E-state index contributed by atoms with van der Waals surface area (Å²) in [4.78, 5) is 34.0. The molecular formula is C42H46F6N6O6. The first-order valence-corrected chi connectivity index (χ1v) is 20.4. The maximum atomic E-state index is 17.7. The molecule has 0 radical (unpaired) electrons. The van der Waals surface area contributed by atoms with Gasteiger partial charge in [-0.15, -0.1) is 13.2 Å². The van der Waals surface area contributed by atoms with Crippen LogP contribution in [0.3, 0.4) is 0 Å². The molecule has 7 heterocycles. The van der Waals surface area contributed by atoms with Gasteiger partial charge in [-0.3, -0.25) is 9.80 Å². The highest BCUT2D eigenvalue weighted by Gasteiger charge is 2.52. The second-order valence-corrected chi connectivity index (χ2v) is 17.5. The lowest BCUT2D eigenvalue weighted by molar-refractivity contribution is -0.275. The van der Waals surface area contributed by atoms with E-state index in [4.69, 9.17) is 28.9 Å². The van der Waals surface area contributed by atoms with Crippen molar-refractivity contribution in [3.05, 3.63) is 41.6 Å². The Morgan fingerprint density at radius 3 is 2.55 bits per heavy atom.